The summed E-state index contributed by atoms with van der Waals surface area (Å²) in [6, 6.07) is 5.34. The standard InChI is InChI=1S/C10H13BrFNO/c1-10(2,12)8-4-3-7(6-14-13)5-9(8)11/h3-5H,6,13H2,1-2H3. The van der Waals surface area contributed by atoms with Crippen molar-refractivity contribution >= 4 is 15.9 Å². The molecule has 1 aromatic rings. The highest BCUT2D eigenvalue weighted by Crippen LogP contribution is 2.31. The third-order valence-corrected chi connectivity index (χ3v) is 2.58. The maximum absolute atomic E-state index is 13.6. The largest absolute Gasteiger partial charge is 0.300 e. The molecule has 0 aromatic heterocycles. The van der Waals surface area contributed by atoms with Gasteiger partial charge >= 0.3 is 0 Å². The molecule has 0 spiro atoms. The Morgan fingerprint density at radius 3 is 2.57 bits per heavy atom. The Labute approximate surface area is 91.3 Å². The van der Waals surface area contributed by atoms with Crippen molar-refractivity contribution in [3.8, 4) is 0 Å². The molecule has 2 nitrogen and oxygen atoms in total. The molecule has 1 aromatic carbocycles. The second kappa shape index (κ2) is 4.38. The van der Waals surface area contributed by atoms with Crippen LogP contribution in [0.25, 0.3) is 0 Å². The third-order valence-electron chi connectivity index (χ3n) is 1.92. The minimum atomic E-state index is -1.35. The van der Waals surface area contributed by atoms with Gasteiger partial charge in [0.2, 0.25) is 0 Å². The maximum Gasteiger partial charge on any atom is 0.131 e. The number of hydrogen-bond acceptors (Lipinski definition) is 2. The predicted molar refractivity (Wildman–Crippen MR) is 57.3 cm³/mol. The van der Waals surface area contributed by atoms with Crippen LogP contribution in [0.2, 0.25) is 0 Å². The molecule has 0 fully saturated rings. The van der Waals surface area contributed by atoms with E-state index in [0.29, 0.717) is 12.2 Å². The molecule has 0 aliphatic heterocycles. The second-order valence-corrected chi connectivity index (χ2v) is 4.45. The molecule has 0 atom stereocenters. The van der Waals surface area contributed by atoms with Gasteiger partial charge in [-0.15, -0.1) is 0 Å². The lowest BCUT2D eigenvalue weighted by molar-refractivity contribution is 0.124. The zero-order valence-electron chi connectivity index (χ0n) is 8.18. The van der Waals surface area contributed by atoms with Gasteiger partial charge in [-0.2, -0.15) is 0 Å². The van der Waals surface area contributed by atoms with Crippen molar-refractivity contribution < 1.29 is 9.23 Å². The Morgan fingerprint density at radius 1 is 1.50 bits per heavy atom. The average molecular weight is 262 g/mol. The van der Waals surface area contributed by atoms with Gasteiger partial charge in [0.15, 0.2) is 0 Å². The fourth-order valence-corrected chi connectivity index (χ4v) is 2.12. The first-order valence-electron chi connectivity index (χ1n) is 4.24. The third kappa shape index (κ3) is 2.77. The molecule has 1 rings (SSSR count). The van der Waals surface area contributed by atoms with Gasteiger partial charge < -0.3 is 0 Å². The van der Waals surface area contributed by atoms with E-state index in [-0.39, 0.29) is 0 Å². The van der Waals surface area contributed by atoms with E-state index in [0.717, 1.165) is 10.0 Å². The van der Waals surface area contributed by atoms with Crippen molar-refractivity contribution in [1.29, 1.82) is 0 Å². The highest BCUT2D eigenvalue weighted by molar-refractivity contribution is 9.10. The Morgan fingerprint density at radius 2 is 2.14 bits per heavy atom. The number of nitrogens with two attached hydrogens (primary N) is 1. The molecule has 0 unspecified atom stereocenters. The minimum Gasteiger partial charge on any atom is -0.300 e. The first kappa shape index (κ1) is 11.6. The van der Waals surface area contributed by atoms with Crippen LogP contribution < -0.4 is 5.90 Å². The van der Waals surface area contributed by atoms with Crippen LogP contribution in [0, 0.1) is 0 Å². The number of rotatable bonds is 3. The van der Waals surface area contributed by atoms with E-state index in [2.05, 4.69) is 20.8 Å². The molecule has 0 aliphatic rings. The van der Waals surface area contributed by atoms with Crippen molar-refractivity contribution in [2.75, 3.05) is 0 Å². The average Bonchev–Trinajstić information content (AvgIpc) is 2.02. The monoisotopic (exact) mass is 261 g/mol. The molecule has 14 heavy (non-hydrogen) atoms. The zero-order chi connectivity index (χ0) is 10.8. The Balaban J connectivity index is 3.02. The lowest BCUT2D eigenvalue weighted by Crippen LogP contribution is -2.10. The Hall–Kier alpha value is -0.450. The lowest BCUT2D eigenvalue weighted by atomic mass is 9.99. The van der Waals surface area contributed by atoms with E-state index >= 15 is 0 Å². The smallest absolute Gasteiger partial charge is 0.131 e. The predicted octanol–water partition coefficient (Wildman–Crippen LogP) is 3.04. The highest BCUT2D eigenvalue weighted by atomic mass is 79.9. The minimum absolute atomic E-state index is 0.325. The van der Waals surface area contributed by atoms with Gasteiger partial charge in [0.25, 0.3) is 0 Å². The van der Waals surface area contributed by atoms with Gasteiger partial charge in [-0.05, 0) is 25.5 Å². The Kier molecular flexibility index (Phi) is 3.64. The molecule has 0 amide bonds. The van der Waals surface area contributed by atoms with Crippen LogP contribution in [0.4, 0.5) is 4.39 Å². The normalized spacial score (nSPS) is 11.8. The zero-order valence-corrected chi connectivity index (χ0v) is 9.77. The van der Waals surface area contributed by atoms with Crippen LogP contribution in [0.5, 0.6) is 0 Å². The van der Waals surface area contributed by atoms with E-state index in [1.165, 1.54) is 13.8 Å². The summed E-state index contributed by atoms with van der Waals surface area (Å²) in [7, 11) is 0. The van der Waals surface area contributed by atoms with Crippen molar-refractivity contribution in [2.24, 2.45) is 5.90 Å². The van der Waals surface area contributed by atoms with Gasteiger partial charge in [-0.1, -0.05) is 28.1 Å². The van der Waals surface area contributed by atoms with Crippen LogP contribution in [0.15, 0.2) is 22.7 Å². The first-order chi connectivity index (χ1) is 6.45. The molecule has 4 heteroatoms. The van der Waals surface area contributed by atoms with E-state index in [1.54, 1.807) is 12.1 Å². The lowest BCUT2D eigenvalue weighted by Gasteiger charge is -2.17. The number of alkyl halides is 1. The highest BCUT2D eigenvalue weighted by Gasteiger charge is 2.21. The van der Waals surface area contributed by atoms with Crippen LogP contribution in [0.1, 0.15) is 25.0 Å². The summed E-state index contributed by atoms with van der Waals surface area (Å²) >= 11 is 3.32. The van der Waals surface area contributed by atoms with Crippen LogP contribution in [-0.4, -0.2) is 0 Å². The summed E-state index contributed by atoms with van der Waals surface area (Å²) in [5.74, 6) is 4.95. The van der Waals surface area contributed by atoms with Crippen molar-refractivity contribution in [3.05, 3.63) is 33.8 Å². The molecule has 78 valence electrons. The number of halogens is 2. The molecule has 0 radical (unpaired) electrons. The molecule has 2 N–H and O–H groups in total. The second-order valence-electron chi connectivity index (χ2n) is 3.60. The molecule has 0 saturated heterocycles. The Bertz CT molecular complexity index is 322. The van der Waals surface area contributed by atoms with Gasteiger partial charge in [-0.25, -0.2) is 10.3 Å². The van der Waals surface area contributed by atoms with Crippen molar-refractivity contribution in [1.82, 2.24) is 0 Å². The molecular formula is C10H13BrFNO. The summed E-state index contributed by atoms with van der Waals surface area (Å²) in [6.45, 7) is 3.37. The molecular weight excluding hydrogens is 249 g/mol. The van der Waals surface area contributed by atoms with E-state index in [1.807, 2.05) is 6.07 Å². The molecule has 0 saturated carbocycles. The topological polar surface area (TPSA) is 35.2 Å². The summed E-state index contributed by atoms with van der Waals surface area (Å²) < 4.78 is 14.3. The molecule has 0 aliphatic carbocycles. The quantitative estimate of drug-likeness (QED) is 0.850. The van der Waals surface area contributed by atoms with Crippen LogP contribution in [0.3, 0.4) is 0 Å². The fraction of sp³-hybridized carbons (Fsp3) is 0.400. The van der Waals surface area contributed by atoms with E-state index < -0.39 is 5.67 Å². The maximum atomic E-state index is 13.6. The van der Waals surface area contributed by atoms with Crippen LogP contribution >= 0.6 is 15.9 Å². The summed E-state index contributed by atoms with van der Waals surface area (Å²) in [5, 5.41) is 0. The first-order valence-corrected chi connectivity index (χ1v) is 5.04. The van der Waals surface area contributed by atoms with Crippen LogP contribution in [-0.2, 0) is 17.1 Å². The fourth-order valence-electron chi connectivity index (χ4n) is 1.23. The van der Waals surface area contributed by atoms with Gasteiger partial charge in [-0.3, -0.25) is 4.84 Å². The van der Waals surface area contributed by atoms with Gasteiger partial charge in [0, 0.05) is 10.0 Å². The van der Waals surface area contributed by atoms with Crippen molar-refractivity contribution in [3.63, 3.8) is 0 Å². The van der Waals surface area contributed by atoms with Crippen molar-refractivity contribution in [2.45, 2.75) is 26.1 Å². The summed E-state index contributed by atoms with van der Waals surface area (Å²) in [5.41, 5.74) is 0.187. The number of benzene rings is 1. The molecule has 0 bridgehead atoms. The van der Waals surface area contributed by atoms with E-state index in [4.69, 9.17) is 5.90 Å². The number of hydrogen-bond donors (Lipinski definition) is 1. The SMILES string of the molecule is CC(C)(F)c1ccc(CON)cc1Br. The summed E-state index contributed by atoms with van der Waals surface area (Å²) in [6.07, 6.45) is 0. The molecule has 0 heterocycles. The van der Waals surface area contributed by atoms with Gasteiger partial charge in [0.05, 0.1) is 6.61 Å². The summed E-state index contributed by atoms with van der Waals surface area (Å²) in [4.78, 5) is 4.49. The van der Waals surface area contributed by atoms with E-state index in [9.17, 15) is 4.39 Å². The van der Waals surface area contributed by atoms with Gasteiger partial charge in [0.1, 0.15) is 5.67 Å².